The van der Waals surface area contributed by atoms with Crippen molar-refractivity contribution in [3.05, 3.63) is 28.8 Å². The van der Waals surface area contributed by atoms with Crippen molar-refractivity contribution in [3.8, 4) is 0 Å². The lowest BCUT2D eigenvalue weighted by Crippen LogP contribution is -2.51. The fraction of sp³-hybridized carbons (Fsp3) is 0.562. The number of hydrogen-bond donors (Lipinski definition) is 1. The lowest BCUT2D eigenvalue weighted by Gasteiger charge is -2.35. The number of carbonyl (C=O) groups excluding carboxylic acids is 1. The van der Waals surface area contributed by atoms with Crippen LogP contribution in [0.15, 0.2) is 18.2 Å². The van der Waals surface area contributed by atoms with Gasteiger partial charge in [0.05, 0.1) is 0 Å². The number of carbonyl (C=O) groups is 1. The molecule has 1 saturated heterocycles. The zero-order valence-corrected chi connectivity index (χ0v) is 14.4. The predicted molar refractivity (Wildman–Crippen MR) is 91.8 cm³/mol. The Morgan fingerprint density at radius 2 is 1.95 bits per heavy atom. The Labute approximate surface area is 137 Å². The van der Waals surface area contributed by atoms with E-state index in [2.05, 4.69) is 29.2 Å². The molecule has 1 fully saturated rings. The summed E-state index contributed by atoms with van der Waals surface area (Å²) >= 11 is 6.09. The SMILES string of the molecule is Cc1ccc(NC(=O)N2CCN(CCN(C)C)CC2)cc1Cl. The molecule has 0 radical (unpaired) electrons. The summed E-state index contributed by atoms with van der Waals surface area (Å²) < 4.78 is 0. The first-order valence-electron chi connectivity index (χ1n) is 7.65. The number of amides is 2. The van der Waals surface area contributed by atoms with Crippen LogP contribution >= 0.6 is 11.6 Å². The van der Waals surface area contributed by atoms with Gasteiger partial charge < -0.3 is 15.1 Å². The lowest BCUT2D eigenvalue weighted by molar-refractivity contribution is 0.140. The van der Waals surface area contributed by atoms with Crippen LogP contribution in [-0.2, 0) is 0 Å². The van der Waals surface area contributed by atoms with E-state index in [1.807, 2.05) is 24.0 Å². The lowest BCUT2D eigenvalue weighted by atomic mass is 10.2. The van der Waals surface area contributed by atoms with Crippen LogP contribution < -0.4 is 5.32 Å². The van der Waals surface area contributed by atoms with Gasteiger partial charge in [-0.05, 0) is 38.7 Å². The molecule has 122 valence electrons. The molecule has 0 unspecified atom stereocenters. The highest BCUT2D eigenvalue weighted by molar-refractivity contribution is 6.31. The topological polar surface area (TPSA) is 38.8 Å². The van der Waals surface area contributed by atoms with Crippen molar-refractivity contribution < 1.29 is 4.79 Å². The van der Waals surface area contributed by atoms with Gasteiger partial charge in [0.25, 0.3) is 0 Å². The molecule has 0 saturated carbocycles. The molecular weight excluding hydrogens is 300 g/mol. The van der Waals surface area contributed by atoms with Gasteiger partial charge >= 0.3 is 6.03 Å². The van der Waals surface area contributed by atoms with Gasteiger partial charge in [0.15, 0.2) is 0 Å². The molecule has 2 amide bonds. The summed E-state index contributed by atoms with van der Waals surface area (Å²) in [6.45, 7) is 7.43. The molecule has 1 aromatic rings. The molecule has 5 nitrogen and oxygen atoms in total. The highest BCUT2D eigenvalue weighted by atomic mass is 35.5. The maximum atomic E-state index is 12.3. The molecule has 1 heterocycles. The van der Waals surface area contributed by atoms with Gasteiger partial charge in [0.2, 0.25) is 0 Å². The highest BCUT2D eigenvalue weighted by Gasteiger charge is 2.21. The largest absolute Gasteiger partial charge is 0.322 e. The molecule has 1 aliphatic rings. The highest BCUT2D eigenvalue weighted by Crippen LogP contribution is 2.20. The number of likely N-dealkylation sites (N-methyl/N-ethyl adjacent to an activating group) is 1. The molecule has 6 heteroatoms. The van der Waals surface area contributed by atoms with Crippen LogP contribution in [0.3, 0.4) is 0 Å². The summed E-state index contributed by atoms with van der Waals surface area (Å²) in [4.78, 5) is 18.7. The van der Waals surface area contributed by atoms with Crippen LogP contribution in [0.25, 0.3) is 0 Å². The average Bonchev–Trinajstić information content (AvgIpc) is 2.49. The van der Waals surface area contributed by atoms with E-state index in [-0.39, 0.29) is 6.03 Å². The van der Waals surface area contributed by atoms with Gasteiger partial charge in [-0.3, -0.25) is 4.90 Å². The number of piperazine rings is 1. The number of urea groups is 1. The summed E-state index contributed by atoms with van der Waals surface area (Å²) in [5, 5.41) is 3.59. The summed E-state index contributed by atoms with van der Waals surface area (Å²) in [7, 11) is 4.16. The fourth-order valence-corrected chi connectivity index (χ4v) is 2.57. The van der Waals surface area contributed by atoms with E-state index in [1.54, 1.807) is 6.07 Å². The molecule has 1 N–H and O–H groups in total. The maximum absolute atomic E-state index is 12.3. The minimum absolute atomic E-state index is 0.0489. The Morgan fingerprint density at radius 1 is 1.27 bits per heavy atom. The van der Waals surface area contributed by atoms with Gasteiger partial charge in [0.1, 0.15) is 0 Å². The summed E-state index contributed by atoms with van der Waals surface area (Å²) in [5.41, 5.74) is 1.75. The molecule has 0 aromatic heterocycles. The monoisotopic (exact) mass is 324 g/mol. The minimum atomic E-state index is -0.0489. The number of rotatable bonds is 4. The van der Waals surface area contributed by atoms with Crippen molar-refractivity contribution in [2.24, 2.45) is 0 Å². The van der Waals surface area contributed by atoms with Gasteiger partial charge in [-0.25, -0.2) is 4.79 Å². The van der Waals surface area contributed by atoms with Crippen molar-refractivity contribution in [2.75, 3.05) is 58.7 Å². The number of halogens is 1. The van der Waals surface area contributed by atoms with Crippen molar-refractivity contribution in [1.29, 1.82) is 0 Å². The molecule has 0 aliphatic carbocycles. The zero-order chi connectivity index (χ0) is 16.1. The number of nitrogens with one attached hydrogen (secondary N) is 1. The second-order valence-electron chi connectivity index (χ2n) is 6.03. The van der Waals surface area contributed by atoms with Crippen LogP contribution in [-0.4, -0.2) is 74.1 Å². The van der Waals surface area contributed by atoms with E-state index in [0.717, 1.165) is 50.5 Å². The number of aryl methyl sites for hydroxylation is 1. The second kappa shape index (κ2) is 7.81. The third-order valence-corrected chi connectivity index (χ3v) is 4.35. The minimum Gasteiger partial charge on any atom is -0.322 e. The Bertz CT molecular complexity index is 513. The first-order chi connectivity index (χ1) is 10.5. The normalized spacial score (nSPS) is 16.1. The molecule has 2 rings (SSSR count). The summed E-state index contributed by atoms with van der Waals surface area (Å²) in [5.74, 6) is 0. The number of benzene rings is 1. The van der Waals surface area contributed by atoms with E-state index in [4.69, 9.17) is 11.6 Å². The Morgan fingerprint density at radius 3 is 2.55 bits per heavy atom. The first-order valence-corrected chi connectivity index (χ1v) is 8.02. The van der Waals surface area contributed by atoms with Gasteiger partial charge in [-0.2, -0.15) is 0 Å². The summed E-state index contributed by atoms with van der Waals surface area (Å²) in [6.07, 6.45) is 0. The van der Waals surface area contributed by atoms with Crippen LogP contribution in [0.1, 0.15) is 5.56 Å². The molecular formula is C16H25ClN4O. The Kier molecular flexibility index (Phi) is 6.06. The molecule has 22 heavy (non-hydrogen) atoms. The first kappa shape index (κ1) is 17.1. The zero-order valence-electron chi connectivity index (χ0n) is 13.6. The van der Waals surface area contributed by atoms with E-state index in [0.29, 0.717) is 5.02 Å². The van der Waals surface area contributed by atoms with Crippen LogP contribution in [0.4, 0.5) is 10.5 Å². The average molecular weight is 325 g/mol. The number of nitrogens with zero attached hydrogens (tertiary/aromatic N) is 3. The molecule has 1 aliphatic heterocycles. The van der Waals surface area contributed by atoms with Gasteiger partial charge in [0, 0.05) is 50.0 Å². The van der Waals surface area contributed by atoms with E-state index in [1.165, 1.54) is 0 Å². The van der Waals surface area contributed by atoms with Crippen LogP contribution in [0.5, 0.6) is 0 Å². The molecule has 0 spiro atoms. The maximum Gasteiger partial charge on any atom is 0.321 e. The predicted octanol–water partition coefficient (Wildman–Crippen LogP) is 2.36. The fourth-order valence-electron chi connectivity index (χ4n) is 2.39. The van der Waals surface area contributed by atoms with Gasteiger partial charge in [-0.15, -0.1) is 0 Å². The smallest absolute Gasteiger partial charge is 0.321 e. The number of anilines is 1. The van der Waals surface area contributed by atoms with Gasteiger partial charge in [-0.1, -0.05) is 17.7 Å². The number of hydrogen-bond acceptors (Lipinski definition) is 3. The third kappa shape index (κ3) is 4.87. The van der Waals surface area contributed by atoms with E-state index >= 15 is 0 Å². The standard InChI is InChI=1S/C16H25ClN4O/c1-13-4-5-14(12-15(13)17)18-16(22)21-10-8-20(9-11-21)7-6-19(2)3/h4-5,12H,6-11H2,1-3H3,(H,18,22). The Hall–Kier alpha value is -1.30. The molecule has 1 aromatic carbocycles. The third-order valence-electron chi connectivity index (χ3n) is 3.95. The van der Waals surface area contributed by atoms with Crippen molar-refractivity contribution in [2.45, 2.75) is 6.92 Å². The molecule has 0 bridgehead atoms. The second-order valence-corrected chi connectivity index (χ2v) is 6.43. The van der Waals surface area contributed by atoms with Crippen LogP contribution in [0, 0.1) is 6.92 Å². The molecule has 0 atom stereocenters. The van der Waals surface area contributed by atoms with Crippen molar-refractivity contribution >= 4 is 23.3 Å². The van der Waals surface area contributed by atoms with E-state index in [9.17, 15) is 4.79 Å². The van der Waals surface area contributed by atoms with Crippen molar-refractivity contribution in [3.63, 3.8) is 0 Å². The van der Waals surface area contributed by atoms with Crippen molar-refractivity contribution in [1.82, 2.24) is 14.7 Å². The summed E-state index contributed by atoms with van der Waals surface area (Å²) in [6, 6.07) is 5.54. The van der Waals surface area contributed by atoms with Crippen LogP contribution in [0.2, 0.25) is 5.02 Å². The van der Waals surface area contributed by atoms with E-state index < -0.39 is 0 Å². The quantitative estimate of drug-likeness (QED) is 0.924. The Balaban J connectivity index is 1.81.